The minimum absolute atomic E-state index is 0.429. The third-order valence-electron chi connectivity index (χ3n) is 3.42. The summed E-state index contributed by atoms with van der Waals surface area (Å²) in [5.74, 6) is -0.480. The lowest BCUT2D eigenvalue weighted by Gasteiger charge is -2.11. The van der Waals surface area contributed by atoms with Crippen LogP contribution in [-0.2, 0) is 13.6 Å². The molecule has 1 aromatic heterocycles. The highest BCUT2D eigenvalue weighted by Gasteiger charge is 2.12. The predicted octanol–water partition coefficient (Wildman–Crippen LogP) is 1.33. The van der Waals surface area contributed by atoms with E-state index in [1.54, 1.807) is 18.2 Å². The van der Waals surface area contributed by atoms with Crippen molar-refractivity contribution in [3.8, 4) is 0 Å². The molecule has 0 aliphatic rings. The molecular formula is C14H19N5O. The number of nitrogens with zero attached hydrogens (tertiary/aromatic N) is 2. The summed E-state index contributed by atoms with van der Waals surface area (Å²) >= 11 is 0. The highest BCUT2D eigenvalue weighted by Crippen LogP contribution is 2.21. The van der Waals surface area contributed by atoms with Gasteiger partial charge in [0.1, 0.15) is 0 Å². The lowest BCUT2D eigenvalue weighted by molar-refractivity contribution is 0.100. The van der Waals surface area contributed by atoms with Gasteiger partial charge in [-0.1, -0.05) is 0 Å². The van der Waals surface area contributed by atoms with Crippen LogP contribution in [0, 0.1) is 13.8 Å². The average Bonchev–Trinajstić information content (AvgIpc) is 2.61. The number of hydrogen-bond donors (Lipinski definition) is 3. The van der Waals surface area contributed by atoms with Gasteiger partial charge < -0.3 is 16.8 Å². The summed E-state index contributed by atoms with van der Waals surface area (Å²) < 4.78 is 1.83. The van der Waals surface area contributed by atoms with Crippen molar-refractivity contribution in [3.63, 3.8) is 0 Å². The Labute approximate surface area is 117 Å². The molecule has 1 aromatic carbocycles. The zero-order valence-electron chi connectivity index (χ0n) is 11.9. The molecule has 106 valence electrons. The van der Waals surface area contributed by atoms with Crippen molar-refractivity contribution < 1.29 is 4.79 Å². The molecular weight excluding hydrogens is 254 g/mol. The van der Waals surface area contributed by atoms with Gasteiger partial charge >= 0.3 is 0 Å². The Morgan fingerprint density at radius 1 is 1.40 bits per heavy atom. The highest BCUT2D eigenvalue weighted by molar-refractivity contribution is 5.99. The number of benzene rings is 1. The van der Waals surface area contributed by atoms with Crippen molar-refractivity contribution in [2.75, 3.05) is 11.1 Å². The topological polar surface area (TPSA) is 99.0 Å². The Morgan fingerprint density at radius 3 is 2.65 bits per heavy atom. The summed E-state index contributed by atoms with van der Waals surface area (Å²) in [6.45, 7) is 4.53. The zero-order valence-corrected chi connectivity index (χ0v) is 11.9. The van der Waals surface area contributed by atoms with E-state index in [0.717, 1.165) is 17.0 Å². The minimum Gasteiger partial charge on any atom is -0.399 e. The zero-order chi connectivity index (χ0) is 14.9. The molecule has 0 fully saturated rings. The largest absolute Gasteiger partial charge is 0.399 e. The van der Waals surface area contributed by atoms with Crippen LogP contribution >= 0.6 is 0 Å². The number of primary amides is 1. The molecule has 1 amide bonds. The molecule has 0 saturated carbocycles. The number of aromatic nitrogens is 2. The number of nitrogens with one attached hydrogen (secondary N) is 1. The molecule has 2 aromatic rings. The van der Waals surface area contributed by atoms with E-state index in [4.69, 9.17) is 11.5 Å². The molecule has 6 nitrogen and oxygen atoms in total. The van der Waals surface area contributed by atoms with Crippen molar-refractivity contribution in [2.45, 2.75) is 20.4 Å². The molecule has 1 heterocycles. The van der Waals surface area contributed by atoms with Crippen LogP contribution in [0.1, 0.15) is 27.3 Å². The molecule has 0 atom stereocenters. The number of aryl methyl sites for hydroxylation is 2. The molecule has 0 unspecified atom stereocenters. The second-order valence-corrected chi connectivity index (χ2v) is 4.80. The van der Waals surface area contributed by atoms with E-state index in [1.165, 1.54) is 0 Å². The van der Waals surface area contributed by atoms with Gasteiger partial charge in [0.05, 0.1) is 11.3 Å². The fourth-order valence-electron chi connectivity index (χ4n) is 2.18. The SMILES string of the molecule is Cc1nn(C)c(C)c1CNc1cc(N)ccc1C(N)=O. The van der Waals surface area contributed by atoms with Crippen LogP contribution in [0.3, 0.4) is 0 Å². The molecule has 5 N–H and O–H groups in total. The van der Waals surface area contributed by atoms with E-state index in [1.807, 2.05) is 25.6 Å². The first kappa shape index (κ1) is 13.9. The highest BCUT2D eigenvalue weighted by atomic mass is 16.1. The van der Waals surface area contributed by atoms with Gasteiger partial charge in [-0.25, -0.2) is 0 Å². The van der Waals surface area contributed by atoms with Gasteiger partial charge in [0.2, 0.25) is 0 Å². The molecule has 0 bridgehead atoms. The standard InChI is InChI=1S/C14H19N5O/c1-8-12(9(2)19(3)18-8)7-17-13-6-10(15)4-5-11(13)14(16)20/h4-6,17H,7,15H2,1-3H3,(H2,16,20). The monoisotopic (exact) mass is 273 g/mol. The molecule has 6 heteroatoms. The second kappa shape index (κ2) is 5.24. The Bertz CT molecular complexity index is 660. The van der Waals surface area contributed by atoms with Gasteiger partial charge in [-0.05, 0) is 32.0 Å². The normalized spacial score (nSPS) is 10.6. The number of hydrogen-bond acceptors (Lipinski definition) is 4. The molecule has 2 rings (SSSR count). The Hall–Kier alpha value is -2.50. The minimum atomic E-state index is -0.480. The van der Waals surface area contributed by atoms with Crippen molar-refractivity contribution >= 4 is 17.3 Å². The van der Waals surface area contributed by atoms with Crippen LogP contribution in [-0.4, -0.2) is 15.7 Å². The number of carbonyl (C=O) groups excluding carboxylic acids is 1. The number of anilines is 2. The van der Waals surface area contributed by atoms with E-state index in [2.05, 4.69) is 10.4 Å². The summed E-state index contributed by atoms with van der Waals surface area (Å²) in [5.41, 5.74) is 15.9. The summed E-state index contributed by atoms with van der Waals surface area (Å²) in [7, 11) is 1.90. The molecule has 0 aliphatic carbocycles. The van der Waals surface area contributed by atoms with E-state index < -0.39 is 5.91 Å². The van der Waals surface area contributed by atoms with Crippen molar-refractivity contribution in [1.82, 2.24) is 9.78 Å². The van der Waals surface area contributed by atoms with E-state index in [-0.39, 0.29) is 0 Å². The summed E-state index contributed by atoms with van der Waals surface area (Å²) in [4.78, 5) is 11.4. The van der Waals surface area contributed by atoms with Gasteiger partial charge in [0, 0.05) is 36.2 Å². The molecule has 0 saturated heterocycles. The third-order valence-corrected chi connectivity index (χ3v) is 3.42. The van der Waals surface area contributed by atoms with E-state index in [0.29, 0.717) is 23.5 Å². The number of carbonyl (C=O) groups is 1. The van der Waals surface area contributed by atoms with Crippen molar-refractivity contribution in [1.29, 1.82) is 0 Å². The lowest BCUT2D eigenvalue weighted by atomic mass is 10.1. The van der Waals surface area contributed by atoms with E-state index in [9.17, 15) is 4.79 Å². The van der Waals surface area contributed by atoms with Crippen LogP contribution in [0.15, 0.2) is 18.2 Å². The lowest BCUT2D eigenvalue weighted by Crippen LogP contribution is -2.15. The van der Waals surface area contributed by atoms with E-state index >= 15 is 0 Å². The van der Waals surface area contributed by atoms with Crippen LogP contribution in [0.25, 0.3) is 0 Å². The fraction of sp³-hybridized carbons (Fsp3) is 0.286. The number of rotatable bonds is 4. The molecule has 0 radical (unpaired) electrons. The number of nitrogens with two attached hydrogens (primary N) is 2. The first-order chi connectivity index (χ1) is 9.40. The quantitative estimate of drug-likeness (QED) is 0.732. The molecule has 20 heavy (non-hydrogen) atoms. The van der Waals surface area contributed by atoms with Gasteiger partial charge in [-0.15, -0.1) is 0 Å². The van der Waals surface area contributed by atoms with Gasteiger partial charge in [0.15, 0.2) is 0 Å². The Morgan fingerprint density at radius 2 is 2.10 bits per heavy atom. The van der Waals surface area contributed by atoms with Crippen LogP contribution < -0.4 is 16.8 Å². The first-order valence-electron chi connectivity index (χ1n) is 6.32. The van der Waals surface area contributed by atoms with Crippen LogP contribution in [0.4, 0.5) is 11.4 Å². The Balaban J connectivity index is 2.27. The maximum atomic E-state index is 11.4. The van der Waals surface area contributed by atoms with Crippen LogP contribution in [0.2, 0.25) is 0 Å². The third kappa shape index (κ3) is 2.59. The van der Waals surface area contributed by atoms with Crippen LogP contribution in [0.5, 0.6) is 0 Å². The second-order valence-electron chi connectivity index (χ2n) is 4.80. The van der Waals surface area contributed by atoms with Gasteiger partial charge in [-0.3, -0.25) is 9.48 Å². The summed E-state index contributed by atoms with van der Waals surface area (Å²) in [6, 6.07) is 5.00. The van der Waals surface area contributed by atoms with Gasteiger partial charge in [0.25, 0.3) is 5.91 Å². The summed E-state index contributed by atoms with van der Waals surface area (Å²) in [5, 5.41) is 7.57. The smallest absolute Gasteiger partial charge is 0.250 e. The van der Waals surface area contributed by atoms with Crippen molar-refractivity contribution in [3.05, 3.63) is 40.7 Å². The molecule has 0 aliphatic heterocycles. The fourth-order valence-corrected chi connectivity index (χ4v) is 2.18. The summed E-state index contributed by atoms with van der Waals surface area (Å²) in [6.07, 6.45) is 0. The maximum Gasteiger partial charge on any atom is 0.250 e. The maximum absolute atomic E-state index is 11.4. The number of nitrogen functional groups attached to an aromatic ring is 1. The predicted molar refractivity (Wildman–Crippen MR) is 79.4 cm³/mol. The number of amides is 1. The van der Waals surface area contributed by atoms with Crippen molar-refractivity contribution in [2.24, 2.45) is 12.8 Å². The Kier molecular flexibility index (Phi) is 3.65. The first-order valence-corrected chi connectivity index (χ1v) is 6.32. The average molecular weight is 273 g/mol. The molecule has 0 spiro atoms. The van der Waals surface area contributed by atoms with Gasteiger partial charge in [-0.2, -0.15) is 5.10 Å².